The predicted molar refractivity (Wildman–Crippen MR) is 107 cm³/mol. The fourth-order valence-electron chi connectivity index (χ4n) is 2.40. The van der Waals surface area contributed by atoms with Crippen molar-refractivity contribution < 1.29 is 22.4 Å². The van der Waals surface area contributed by atoms with Gasteiger partial charge in [-0.1, -0.05) is 15.9 Å². The van der Waals surface area contributed by atoms with Crippen LogP contribution >= 0.6 is 15.9 Å². The fourth-order valence-corrected chi connectivity index (χ4v) is 3.92. The lowest BCUT2D eigenvalue weighted by Gasteiger charge is -2.13. The zero-order valence-electron chi connectivity index (χ0n) is 14.9. The number of nitrogens with zero attached hydrogens (tertiary/aromatic N) is 1. The molecule has 0 aliphatic heterocycles. The molecule has 0 aliphatic rings. The Kier molecular flexibility index (Phi) is 5.71. The summed E-state index contributed by atoms with van der Waals surface area (Å²) in [5.74, 6) is -0.351. The van der Waals surface area contributed by atoms with Crippen LogP contribution in [0.2, 0.25) is 0 Å². The molecular weight excluding hydrogens is 450 g/mol. The van der Waals surface area contributed by atoms with Crippen LogP contribution in [0.3, 0.4) is 0 Å². The first-order valence-electron chi connectivity index (χ1n) is 7.98. The smallest absolute Gasteiger partial charge is 0.293 e. The van der Waals surface area contributed by atoms with Gasteiger partial charge in [0.2, 0.25) is 5.76 Å². The van der Waals surface area contributed by atoms with Crippen molar-refractivity contribution in [2.75, 3.05) is 17.1 Å². The maximum Gasteiger partial charge on any atom is 0.293 e. The van der Waals surface area contributed by atoms with Crippen LogP contribution in [0.25, 0.3) is 0 Å². The number of aromatic nitrogens is 1. The van der Waals surface area contributed by atoms with E-state index in [2.05, 4.69) is 31.0 Å². The Morgan fingerprint density at radius 3 is 2.43 bits per heavy atom. The van der Waals surface area contributed by atoms with Gasteiger partial charge in [0.05, 0.1) is 12.8 Å². The number of halogens is 1. The number of benzene rings is 2. The van der Waals surface area contributed by atoms with Gasteiger partial charge >= 0.3 is 0 Å². The van der Waals surface area contributed by atoms with Crippen molar-refractivity contribution in [2.24, 2.45) is 0 Å². The lowest BCUT2D eigenvalue weighted by atomic mass is 10.3. The highest BCUT2D eigenvalue weighted by molar-refractivity contribution is 9.10. The van der Waals surface area contributed by atoms with Crippen LogP contribution in [0.15, 0.2) is 62.6 Å². The first-order chi connectivity index (χ1) is 13.3. The van der Waals surface area contributed by atoms with Gasteiger partial charge in [0.25, 0.3) is 15.9 Å². The summed E-state index contributed by atoms with van der Waals surface area (Å²) in [5.41, 5.74) is 1.07. The topological polar surface area (TPSA) is 111 Å². The highest BCUT2D eigenvalue weighted by Crippen LogP contribution is 2.29. The molecule has 0 bridgehead atoms. The predicted octanol–water partition coefficient (Wildman–Crippen LogP) is 3.81. The Hall–Kier alpha value is -2.85. The van der Waals surface area contributed by atoms with Gasteiger partial charge in [0.15, 0.2) is 6.39 Å². The van der Waals surface area contributed by atoms with Crippen molar-refractivity contribution in [1.29, 1.82) is 0 Å². The molecule has 2 aromatic carbocycles. The maximum atomic E-state index is 12.8. The number of oxazole rings is 1. The molecule has 1 amide bonds. The normalized spacial score (nSPS) is 11.1. The second-order valence-electron chi connectivity index (χ2n) is 5.70. The van der Waals surface area contributed by atoms with E-state index in [4.69, 9.17) is 9.15 Å². The van der Waals surface area contributed by atoms with Gasteiger partial charge in [-0.05, 0) is 49.4 Å². The second kappa shape index (κ2) is 8.03. The molecule has 1 heterocycles. The zero-order valence-corrected chi connectivity index (χ0v) is 17.3. The van der Waals surface area contributed by atoms with E-state index in [0.717, 1.165) is 10.9 Å². The molecular formula is C18H16BrN3O5S. The number of amides is 1. The molecule has 3 rings (SSSR count). The molecule has 3 aromatic rings. The summed E-state index contributed by atoms with van der Waals surface area (Å²) < 4.78 is 39.2. The number of hydrogen-bond donors (Lipinski definition) is 2. The summed E-state index contributed by atoms with van der Waals surface area (Å²) in [5, 5.41) is 2.59. The SMILES string of the molecule is COc1ccc(NC(=O)c2ocnc2C)cc1S(=O)(=O)Nc1ccc(Br)cc1. The van der Waals surface area contributed by atoms with E-state index in [9.17, 15) is 13.2 Å². The Labute approximate surface area is 170 Å². The molecule has 10 heteroatoms. The maximum absolute atomic E-state index is 12.8. The van der Waals surface area contributed by atoms with E-state index in [-0.39, 0.29) is 22.1 Å². The van der Waals surface area contributed by atoms with Crippen molar-refractivity contribution in [1.82, 2.24) is 4.98 Å². The van der Waals surface area contributed by atoms with Gasteiger partial charge in [0.1, 0.15) is 10.6 Å². The summed E-state index contributed by atoms with van der Waals surface area (Å²) in [6, 6.07) is 11.0. The van der Waals surface area contributed by atoms with Crippen molar-refractivity contribution in [2.45, 2.75) is 11.8 Å². The summed E-state index contributed by atoms with van der Waals surface area (Å²) in [6.45, 7) is 1.63. The number of methoxy groups -OCH3 is 1. The third-order valence-electron chi connectivity index (χ3n) is 3.76. The minimum absolute atomic E-state index is 0.0493. The number of rotatable bonds is 6. The number of ether oxygens (including phenoxy) is 1. The zero-order chi connectivity index (χ0) is 20.3. The minimum atomic E-state index is -3.97. The van der Waals surface area contributed by atoms with E-state index in [1.54, 1.807) is 31.2 Å². The van der Waals surface area contributed by atoms with Crippen LogP contribution in [0.4, 0.5) is 11.4 Å². The Morgan fingerprint density at radius 2 is 1.82 bits per heavy atom. The van der Waals surface area contributed by atoms with Crippen molar-refractivity contribution in [3.8, 4) is 5.75 Å². The number of aryl methyl sites for hydroxylation is 1. The van der Waals surface area contributed by atoms with Crippen LogP contribution in [-0.4, -0.2) is 26.4 Å². The molecule has 8 nitrogen and oxygen atoms in total. The first-order valence-corrected chi connectivity index (χ1v) is 10.3. The largest absolute Gasteiger partial charge is 0.495 e. The van der Waals surface area contributed by atoms with Gasteiger partial charge < -0.3 is 14.5 Å². The molecule has 146 valence electrons. The molecule has 0 fully saturated rings. The third kappa shape index (κ3) is 4.34. The van der Waals surface area contributed by atoms with Crippen LogP contribution < -0.4 is 14.8 Å². The van der Waals surface area contributed by atoms with E-state index >= 15 is 0 Å². The molecule has 28 heavy (non-hydrogen) atoms. The summed E-state index contributed by atoms with van der Waals surface area (Å²) >= 11 is 3.30. The van der Waals surface area contributed by atoms with Crippen molar-refractivity contribution >= 4 is 43.2 Å². The Morgan fingerprint density at radius 1 is 1.14 bits per heavy atom. The van der Waals surface area contributed by atoms with E-state index < -0.39 is 15.9 Å². The van der Waals surface area contributed by atoms with Crippen LogP contribution in [0, 0.1) is 6.92 Å². The van der Waals surface area contributed by atoms with Gasteiger partial charge in [-0.15, -0.1) is 0 Å². The van der Waals surface area contributed by atoms with E-state index in [1.807, 2.05) is 0 Å². The lowest BCUT2D eigenvalue weighted by molar-refractivity contribution is 0.0996. The van der Waals surface area contributed by atoms with Crippen molar-refractivity contribution in [3.63, 3.8) is 0 Å². The van der Waals surface area contributed by atoms with Crippen molar-refractivity contribution in [3.05, 3.63) is 64.8 Å². The number of carbonyl (C=O) groups excluding carboxylic acids is 1. The van der Waals surface area contributed by atoms with Crippen LogP contribution in [-0.2, 0) is 10.0 Å². The molecule has 2 N–H and O–H groups in total. The third-order valence-corrected chi connectivity index (χ3v) is 5.69. The fraction of sp³-hybridized carbons (Fsp3) is 0.111. The Bertz CT molecular complexity index is 1110. The summed E-state index contributed by atoms with van der Waals surface area (Å²) in [6.07, 6.45) is 1.16. The molecule has 1 aromatic heterocycles. The van der Waals surface area contributed by atoms with Gasteiger partial charge in [-0.3, -0.25) is 9.52 Å². The average Bonchev–Trinajstić information content (AvgIpc) is 3.09. The number of sulfonamides is 1. The quantitative estimate of drug-likeness (QED) is 0.572. The van der Waals surface area contributed by atoms with E-state index in [0.29, 0.717) is 11.4 Å². The highest BCUT2D eigenvalue weighted by Gasteiger charge is 2.22. The number of nitrogens with one attached hydrogen (secondary N) is 2. The molecule has 0 saturated heterocycles. The van der Waals surface area contributed by atoms with Gasteiger partial charge in [-0.2, -0.15) is 0 Å². The first kappa shape index (κ1) is 19.9. The molecule has 0 radical (unpaired) electrons. The number of anilines is 2. The average molecular weight is 466 g/mol. The second-order valence-corrected chi connectivity index (χ2v) is 8.27. The monoisotopic (exact) mass is 465 g/mol. The molecule has 0 aliphatic carbocycles. The van der Waals surface area contributed by atoms with Gasteiger partial charge in [0, 0.05) is 15.8 Å². The van der Waals surface area contributed by atoms with E-state index in [1.165, 1.54) is 25.3 Å². The molecule has 0 atom stereocenters. The lowest BCUT2D eigenvalue weighted by Crippen LogP contribution is -2.16. The summed E-state index contributed by atoms with van der Waals surface area (Å²) in [7, 11) is -2.60. The van der Waals surface area contributed by atoms with Crippen LogP contribution in [0.5, 0.6) is 5.75 Å². The number of hydrogen-bond acceptors (Lipinski definition) is 6. The van der Waals surface area contributed by atoms with Gasteiger partial charge in [-0.25, -0.2) is 13.4 Å². The summed E-state index contributed by atoms with van der Waals surface area (Å²) in [4.78, 5) is 16.0. The van der Waals surface area contributed by atoms with Crippen LogP contribution in [0.1, 0.15) is 16.2 Å². The minimum Gasteiger partial charge on any atom is -0.495 e. The molecule has 0 unspecified atom stereocenters. The highest BCUT2D eigenvalue weighted by atomic mass is 79.9. The number of carbonyl (C=O) groups is 1. The Balaban J connectivity index is 1.91. The molecule has 0 saturated carbocycles. The molecule has 0 spiro atoms. The standard InChI is InChI=1S/C18H16BrN3O5S/c1-11-17(27-10-20-11)18(23)21-14-7-8-15(26-2)16(9-14)28(24,25)22-13-5-3-12(19)4-6-13/h3-10,22H,1-2H3,(H,21,23).